The summed E-state index contributed by atoms with van der Waals surface area (Å²) in [5.74, 6) is -2.44. The molecule has 1 aromatic heterocycles. The Morgan fingerprint density at radius 1 is 1.30 bits per heavy atom. The first kappa shape index (κ1) is 16.8. The van der Waals surface area contributed by atoms with Gasteiger partial charge in [0.1, 0.15) is 0 Å². The van der Waals surface area contributed by atoms with E-state index in [-0.39, 0.29) is 6.16 Å². The lowest BCUT2D eigenvalue weighted by Gasteiger charge is -2.19. The van der Waals surface area contributed by atoms with Crippen molar-refractivity contribution in [2.24, 2.45) is 0 Å². The third-order valence-electron chi connectivity index (χ3n) is 2.51. The first-order valence-electron chi connectivity index (χ1n) is 5.83. The highest BCUT2D eigenvalue weighted by Gasteiger charge is 2.26. The van der Waals surface area contributed by atoms with Gasteiger partial charge >= 0.3 is 11.9 Å². The van der Waals surface area contributed by atoms with Crippen LogP contribution in [0.4, 0.5) is 0 Å². The SMILES string of the molecule is O=C(O)CC(CC(=O)O)NP(=O)(O)CCc1ccsc1. The molecule has 1 rings (SSSR count). The second-order valence-corrected chi connectivity index (χ2v) is 7.22. The second-order valence-electron chi connectivity index (χ2n) is 4.33. The third kappa shape index (κ3) is 6.81. The number of rotatable bonds is 9. The van der Waals surface area contributed by atoms with Crippen molar-refractivity contribution < 1.29 is 29.3 Å². The molecule has 0 amide bonds. The first-order valence-corrected chi connectivity index (χ1v) is 8.61. The van der Waals surface area contributed by atoms with Crippen molar-refractivity contribution in [3.63, 3.8) is 0 Å². The smallest absolute Gasteiger partial charge is 0.304 e. The number of carboxylic acids is 2. The van der Waals surface area contributed by atoms with Crippen LogP contribution in [-0.4, -0.2) is 39.2 Å². The maximum absolute atomic E-state index is 11.9. The maximum Gasteiger partial charge on any atom is 0.304 e. The Morgan fingerprint density at radius 3 is 2.35 bits per heavy atom. The van der Waals surface area contributed by atoms with E-state index in [0.717, 1.165) is 5.56 Å². The number of aliphatic carboxylic acids is 2. The summed E-state index contributed by atoms with van der Waals surface area (Å²) in [6.45, 7) is 0. The summed E-state index contributed by atoms with van der Waals surface area (Å²) in [7, 11) is -3.77. The van der Waals surface area contributed by atoms with Gasteiger partial charge in [0, 0.05) is 12.2 Å². The lowest BCUT2D eigenvalue weighted by atomic mass is 10.1. The third-order valence-corrected chi connectivity index (χ3v) is 4.84. The second kappa shape index (κ2) is 7.54. The molecule has 0 aromatic carbocycles. The van der Waals surface area contributed by atoms with Gasteiger partial charge in [0.25, 0.3) is 7.52 Å². The Bertz CT molecular complexity index is 487. The van der Waals surface area contributed by atoms with Crippen LogP contribution in [0.25, 0.3) is 0 Å². The molecule has 1 aromatic rings. The molecule has 1 heterocycles. The zero-order chi connectivity index (χ0) is 15.2. The van der Waals surface area contributed by atoms with Crippen LogP contribution in [0, 0.1) is 0 Å². The number of nitrogens with one attached hydrogen (secondary N) is 1. The summed E-state index contributed by atoms with van der Waals surface area (Å²) < 4.78 is 11.9. The molecule has 1 unspecified atom stereocenters. The molecule has 1 atom stereocenters. The van der Waals surface area contributed by atoms with Crippen LogP contribution >= 0.6 is 18.9 Å². The fourth-order valence-corrected chi connectivity index (χ4v) is 3.80. The Hall–Kier alpha value is -1.21. The van der Waals surface area contributed by atoms with Crippen molar-refractivity contribution >= 4 is 30.8 Å². The van der Waals surface area contributed by atoms with E-state index in [4.69, 9.17) is 10.2 Å². The predicted molar refractivity (Wildman–Crippen MR) is 74.1 cm³/mol. The summed E-state index contributed by atoms with van der Waals surface area (Å²) >= 11 is 1.47. The minimum Gasteiger partial charge on any atom is -0.481 e. The Morgan fingerprint density at radius 2 is 1.90 bits per heavy atom. The molecule has 9 heteroatoms. The summed E-state index contributed by atoms with van der Waals surface area (Å²) in [5, 5.41) is 23.3. The van der Waals surface area contributed by atoms with Gasteiger partial charge in [-0.3, -0.25) is 14.2 Å². The molecular formula is C11H16NO6PS. The van der Waals surface area contributed by atoms with Crippen molar-refractivity contribution in [1.82, 2.24) is 5.09 Å². The topological polar surface area (TPSA) is 124 Å². The molecule has 0 fully saturated rings. The maximum atomic E-state index is 11.9. The van der Waals surface area contributed by atoms with Crippen LogP contribution in [0.15, 0.2) is 16.8 Å². The van der Waals surface area contributed by atoms with Crippen LogP contribution in [0.2, 0.25) is 0 Å². The molecule has 0 saturated heterocycles. The van der Waals surface area contributed by atoms with Crippen LogP contribution in [0.5, 0.6) is 0 Å². The van der Waals surface area contributed by atoms with Crippen LogP contribution in [0.1, 0.15) is 18.4 Å². The monoisotopic (exact) mass is 321 g/mol. The quantitative estimate of drug-likeness (QED) is 0.506. The van der Waals surface area contributed by atoms with Gasteiger partial charge in [0.15, 0.2) is 0 Å². The molecule has 0 aliphatic carbocycles. The zero-order valence-corrected chi connectivity index (χ0v) is 12.3. The first-order chi connectivity index (χ1) is 9.28. The largest absolute Gasteiger partial charge is 0.481 e. The number of thiophene rings is 1. The lowest BCUT2D eigenvalue weighted by molar-refractivity contribution is -0.139. The summed E-state index contributed by atoms with van der Waals surface area (Å²) in [6.07, 6.45) is -0.735. The standard InChI is InChI=1S/C11H16NO6PS/c13-10(14)5-9(6-11(15)16)12-19(17,18)3-1-8-2-4-20-7-8/h2,4,7,9H,1,3,5-6H2,(H,13,14)(H,15,16)(H2,12,17,18). The van der Waals surface area contributed by atoms with Gasteiger partial charge in [0.05, 0.1) is 12.8 Å². The summed E-state index contributed by atoms with van der Waals surface area (Å²) in [6, 6.07) is 0.764. The minimum absolute atomic E-state index is 0.0700. The van der Waals surface area contributed by atoms with E-state index in [2.05, 4.69) is 5.09 Å². The van der Waals surface area contributed by atoms with Crippen molar-refractivity contribution in [2.45, 2.75) is 25.3 Å². The fourth-order valence-electron chi connectivity index (χ4n) is 1.65. The predicted octanol–water partition coefficient (Wildman–Crippen LogP) is 1.38. The van der Waals surface area contributed by atoms with E-state index in [0.29, 0.717) is 6.42 Å². The molecule has 7 nitrogen and oxygen atoms in total. The number of hydrogen-bond donors (Lipinski definition) is 4. The molecule has 112 valence electrons. The molecule has 0 spiro atoms. The van der Waals surface area contributed by atoms with Crippen molar-refractivity contribution in [1.29, 1.82) is 0 Å². The molecule has 0 aliphatic rings. The Labute approximate surface area is 119 Å². The van der Waals surface area contributed by atoms with Crippen molar-refractivity contribution in [3.8, 4) is 0 Å². The van der Waals surface area contributed by atoms with E-state index in [1.54, 1.807) is 0 Å². The average Bonchev–Trinajstić information content (AvgIpc) is 2.76. The Kier molecular flexibility index (Phi) is 6.35. The van der Waals surface area contributed by atoms with Gasteiger partial charge in [-0.1, -0.05) is 0 Å². The zero-order valence-electron chi connectivity index (χ0n) is 10.6. The molecular weight excluding hydrogens is 305 g/mol. The van der Waals surface area contributed by atoms with E-state index in [1.807, 2.05) is 16.8 Å². The van der Waals surface area contributed by atoms with Crippen molar-refractivity contribution in [3.05, 3.63) is 22.4 Å². The lowest BCUT2D eigenvalue weighted by Crippen LogP contribution is -2.32. The highest BCUT2D eigenvalue weighted by Crippen LogP contribution is 2.37. The highest BCUT2D eigenvalue weighted by molar-refractivity contribution is 7.55. The van der Waals surface area contributed by atoms with Crippen LogP contribution in [0.3, 0.4) is 0 Å². The molecule has 0 aliphatic heterocycles. The Balaban J connectivity index is 2.57. The van der Waals surface area contributed by atoms with Gasteiger partial charge in [-0.15, -0.1) is 0 Å². The molecule has 4 N–H and O–H groups in total. The number of aryl methyl sites for hydroxylation is 1. The summed E-state index contributed by atoms with van der Waals surface area (Å²) in [5.41, 5.74) is 0.916. The van der Waals surface area contributed by atoms with Gasteiger partial charge in [-0.05, 0) is 28.8 Å². The number of hydrogen-bond acceptors (Lipinski definition) is 4. The molecule has 0 radical (unpaired) electrons. The van der Waals surface area contributed by atoms with E-state index in [1.165, 1.54) is 11.3 Å². The molecule has 20 heavy (non-hydrogen) atoms. The van der Waals surface area contributed by atoms with E-state index < -0.39 is 38.3 Å². The van der Waals surface area contributed by atoms with Crippen LogP contribution < -0.4 is 5.09 Å². The van der Waals surface area contributed by atoms with E-state index in [9.17, 15) is 19.0 Å². The normalized spacial score (nSPS) is 14.1. The van der Waals surface area contributed by atoms with Gasteiger partial charge in [0.2, 0.25) is 0 Å². The molecule has 0 bridgehead atoms. The van der Waals surface area contributed by atoms with Crippen molar-refractivity contribution in [2.75, 3.05) is 6.16 Å². The number of carboxylic acid groups (broad SMARTS) is 2. The van der Waals surface area contributed by atoms with Gasteiger partial charge in [-0.2, -0.15) is 11.3 Å². The average molecular weight is 321 g/mol. The van der Waals surface area contributed by atoms with E-state index >= 15 is 0 Å². The van der Waals surface area contributed by atoms with Crippen LogP contribution in [-0.2, 0) is 20.6 Å². The number of carbonyl (C=O) groups is 2. The highest BCUT2D eigenvalue weighted by atomic mass is 32.1. The fraction of sp³-hybridized carbons (Fsp3) is 0.455. The van der Waals surface area contributed by atoms with Gasteiger partial charge in [-0.25, -0.2) is 5.09 Å². The summed E-state index contributed by atoms with van der Waals surface area (Å²) in [4.78, 5) is 31.0. The molecule has 0 saturated carbocycles. The van der Waals surface area contributed by atoms with Gasteiger partial charge < -0.3 is 15.1 Å². The minimum atomic E-state index is -3.77.